The quantitative estimate of drug-likeness (QED) is 0.706. The van der Waals surface area contributed by atoms with Crippen LogP contribution in [0.1, 0.15) is 37.8 Å². The van der Waals surface area contributed by atoms with Gasteiger partial charge in [0.15, 0.2) is 0 Å². The van der Waals surface area contributed by atoms with Crippen LogP contribution in [-0.4, -0.2) is 12.6 Å². The smallest absolute Gasteiger partial charge is 0.0494 e. The summed E-state index contributed by atoms with van der Waals surface area (Å²) in [6.07, 6.45) is 2.64. The molecule has 1 nitrogen and oxygen atoms in total. The third kappa shape index (κ3) is 2.77. The minimum absolute atomic E-state index is 0.606. The maximum Gasteiger partial charge on any atom is 0.0494 e. The summed E-state index contributed by atoms with van der Waals surface area (Å²) >= 11 is 6.08. The molecule has 2 heteroatoms. The summed E-state index contributed by atoms with van der Waals surface area (Å²) in [6.45, 7) is 7.95. The van der Waals surface area contributed by atoms with Crippen molar-refractivity contribution in [2.75, 3.05) is 11.4 Å². The highest BCUT2D eigenvalue weighted by Crippen LogP contribution is 2.31. The fourth-order valence-electron chi connectivity index (χ4n) is 2.73. The fourth-order valence-corrected chi connectivity index (χ4v) is 2.94. The third-order valence-electron chi connectivity index (χ3n) is 3.81. The van der Waals surface area contributed by atoms with Crippen LogP contribution >= 0.6 is 11.6 Å². The monoisotopic (exact) mass is 251 g/mol. The van der Waals surface area contributed by atoms with Gasteiger partial charge >= 0.3 is 0 Å². The van der Waals surface area contributed by atoms with Gasteiger partial charge < -0.3 is 4.90 Å². The second-order valence-corrected chi connectivity index (χ2v) is 5.72. The maximum absolute atomic E-state index is 6.08. The molecule has 0 spiro atoms. The van der Waals surface area contributed by atoms with E-state index in [1.165, 1.54) is 29.7 Å². The SMILES string of the molecule is Cc1ccc(N2CC(C)CCC2C)c(CCl)c1. The number of alkyl halides is 1. The Morgan fingerprint density at radius 2 is 2.06 bits per heavy atom. The molecule has 0 radical (unpaired) electrons. The Morgan fingerprint density at radius 1 is 1.29 bits per heavy atom. The molecule has 1 aromatic rings. The number of piperidine rings is 1. The molecule has 1 heterocycles. The number of hydrogen-bond acceptors (Lipinski definition) is 1. The Hall–Kier alpha value is -0.690. The summed E-state index contributed by atoms with van der Waals surface area (Å²) in [5, 5.41) is 0. The first kappa shape index (κ1) is 12.8. The van der Waals surface area contributed by atoms with Crippen LogP contribution in [0.4, 0.5) is 5.69 Å². The zero-order valence-electron chi connectivity index (χ0n) is 11.0. The molecule has 1 saturated heterocycles. The molecule has 0 amide bonds. The van der Waals surface area contributed by atoms with E-state index in [1.807, 2.05) is 0 Å². The van der Waals surface area contributed by atoms with Gasteiger partial charge in [-0.15, -0.1) is 11.6 Å². The van der Waals surface area contributed by atoms with E-state index >= 15 is 0 Å². The molecule has 0 saturated carbocycles. The number of nitrogens with zero attached hydrogens (tertiary/aromatic N) is 1. The van der Waals surface area contributed by atoms with Gasteiger partial charge in [0.05, 0.1) is 0 Å². The van der Waals surface area contributed by atoms with Crippen LogP contribution in [0.5, 0.6) is 0 Å². The molecule has 0 aromatic heterocycles. The Kier molecular flexibility index (Phi) is 3.98. The first-order chi connectivity index (χ1) is 8.11. The molecule has 2 unspecified atom stereocenters. The Bertz CT molecular complexity index is 389. The van der Waals surface area contributed by atoms with Crippen LogP contribution in [-0.2, 0) is 5.88 Å². The number of rotatable bonds is 2. The van der Waals surface area contributed by atoms with Crippen LogP contribution in [0.3, 0.4) is 0 Å². The summed E-state index contributed by atoms with van der Waals surface area (Å²) in [6, 6.07) is 7.28. The molecule has 1 aromatic carbocycles. The maximum atomic E-state index is 6.08. The highest BCUT2D eigenvalue weighted by Gasteiger charge is 2.24. The minimum atomic E-state index is 0.606. The number of anilines is 1. The predicted molar refractivity (Wildman–Crippen MR) is 75.9 cm³/mol. The molecule has 1 fully saturated rings. The van der Waals surface area contributed by atoms with Gasteiger partial charge in [0.1, 0.15) is 0 Å². The van der Waals surface area contributed by atoms with E-state index < -0.39 is 0 Å². The summed E-state index contributed by atoms with van der Waals surface area (Å²) < 4.78 is 0. The molecule has 1 aliphatic heterocycles. The average Bonchev–Trinajstić information content (AvgIpc) is 2.32. The van der Waals surface area contributed by atoms with E-state index in [-0.39, 0.29) is 0 Å². The number of hydrogen-bond donors (Lipinski definition) is 0. The van der Waals surface area contributed by atoms with Crippen LogP contribution in [0.2, 0.25) is 0 Å². The normalized spacial score (nSPS) is 25.1. The van der Waals surface area contributed by atoms with Crippen molar-refractivity contribution in [1.29, 1.82) is 0 Å². The molecular formula is C15H22ClN. The highest BCUT2D eigenvalue weighted by molar-refractivity contribution is 6.17. The molecule has 0 aliphatic carbocycles. The van der Waals surface area contributed by atoms with E-state index in [4.69, 9.17) is 11.6 Å². The Morgan fingerprint density at radius 3 is 2.76 bits per heavy atom. The topological polar surface area (TPSA) is 3.24 Å². The fraction of sp³-hybridized carbons (Fsp3) is 0.600. The molecule has 0 N–H and O–H groups in total. The molecule has 1 aliphatic rings. The summed E-state index contributed by atoms with van der Waals surface area (Å²) in [7, 11) is 0. The van der Waals surface area contributed by atoms with Crippen LogP contribution in [0, 0.1) is 12.8 Å². The van der Waals surface area contributed by atoms with E-state index in [0.29, 0.717) is 11.9 Å². The summed E-state index contributed by atoms with van der Waals surface area (Å²) in [5.74, 6) is 1.39. The zero-order chi connectivity index (χ0) is 12.4. The van der Waals surface area contributed by atoms with Crippen molar-refractivity contribution >= 4 is 17.3 Å². The van der Waals surface area contributed by atoms with Gasteiger partial charge in [-0.2, -0.15) is 0 Å². The van der Waals surface area contributed by atoms with Gasteiger partial charge in [0.25, 0.3) is 0 Å². The minimum Gasteiger partial charge on any atom is -0.368 e. The first-order valence-corrected chi connectivity index (χ1v) is 7.07. The van der Waals surface area contributed by atoms with Crippen molar-refractivity contribution in [3.63, 3.8) is 0 Å². The Balaban J connectivity index is 2.31. The lowest BCUT2D eigenvalue weighted by atomic mass is 9.93. The van der Waals surface area contributed by atoms with Crippen LogP contribution in [0.25, 0.3) is 0 Å². The first-order valence-electron chi connectivity index (χ1n) is 6.54. The molecule has 17 heavy (non-hydrogen) atoms. The van der Waals surface area contributed by atoms with E-state index in [1.54, 1.807) is 0 Å². The second-order valence-electron chi connectivity index (χ2n) is 5.45. The number of aryl methyl sites for hydroxylation is 1. The van der Waals surface area contributed by atoms with Gasteiger partial charge in [-0.05, 0) is 44.2 Å². The second kappa shape index (κ2) is 5.30. The van der Waals surface area contributed by atoms with Crippen molar-refractivity contribution < 1.29 is 0 Å². The zero-order valence-corrected chi connectivity index (χ0v) is 11.8. The molecule has 2 atom stereocenters. The Labute approximate surface area is 110 Å². The van der Waals surface area contributed by atoms with Crippen molar-refractivity contribution in [3.8, 4) is 0 Å². The third-order valence-corrected chi connectivity index (χ3v) is 4.09. The lowest BCUT2D eigenvalue weighted by Crippen LogP contribution is -2.41. The van der Waals surface area contributed by atoms with Crippen molar-refractivity contribution in [2.24, 2.45) is 5.92 Å². The average molecular weight is 252 g/mol. The lowest BCUT2D eigenvalue weighted by Gasteiger charge is -2.39. The lowest BCUT2D eigenvalue weighted by molar-refractivity contribution is 0.390. The van der Waals surface area contributed by atoms with E-state index in [0.717, 1.165) is 12.5 Å². The highest BCUT2D eigenvalue weighted by atomic mass is 35.5. The standard InChI is InChI=1S/C15H22ClN/c1-11-5-7-15(14(8-11)9-16)17-10-12(2)4-6-13(17)3/h5,7-8,12-13H,4,6,9-10H2,1-3H3. The van der Waals surface area contributed by atoms with Crippen molar-refractivity contribution in [2.45, 2.75) is 45.5 Å². The van der Waals surface area contributed by atoms with Gasteiger partial charge in [0, 0.05) is 24.2 Å². The van der Waals surface area contributed by atoms with Gasteiger partial charge in [-0.1, -0.05) is 24.6 Å². The van der Waals surface area contributed by atoms with Crippen molar-refractivity contribution in [1.82, 2.24) is 0 Å². The van der Waals surface area contributed by atoms with Gasteiger partial charge in [0.2, 0.25) is 0 Å². The van der Waals surface area contributed by atoms with Crippen LogP contribution in [0.15, 0.2) is 18.2 Å². The molecule has 0 bridgehead atoms. The molecule has 2 rings (SSSR count). The van der Waals surface area contributed by atoms with Gasteiger partial charge in [-0.25, -0.2) is 0 Å². The van der Waals surface area contributed by atoms with E-state index in [2.05, 4.69) is 43.9 Å². The number of benzene rings is 1. The summed E-state index contributed by atoms with van der Waals surface area (Å²) in [4.78, 5) is 2.53. The van der Waals surface area contributed by atoms with Crippen LogP contribution < -0.4 is 4.90 Å². The van der Waals surface area contributed by atoms with E-state index in [9.17, 15) is 0 Å². The van der Waals surface area contributed by atoms with Crippen molar-refractivity contribution in [3.05, 3.63) is 29.3 Å². The summed E-state index contributed by atoms with van der Waals surface area (Å²) in [5.41, 5.74) is 3.90. The number of halogens is 1. The molecular weight excluding hydrogens is 230 g/mol. The largest absolute Gasteiger partial charge is 0.368 e. The molecule has 94 valence electrons. The predicted octanol–water partition coefficient (Wildman–Crippen LogP) is 4.36. The van der Waals surface area contributed by atoms with Gasteiger partial charge in [-0.3, -0.25) is 0 Å².